The molecule has 78 valence electrons. The minimum atomic E-state index is 0.763. The fourth-order valence-corrected chi connectivity index (χ4v) is 1.49. The Labute approximate surface area is 83.8 Å². The Bertz CT molecular complexity index is 279. The van der Waals surface area contributed by atoms with E-state index >= 15 is 0 Å². The van der Waals surface area contributed by atoms with Crippen molar-refractivity contribution in [3.63, 3.8) is 0 Å². The van der Waals surface area contributed by atoms with Gasteiger partial charge in [-0.15, -0.1) is 0 Å². The van der Waals surface area contributed by atoms with Crippen molar-refractivity contribution in [1.82, 2.24) is 10.4 Å². The lowest BCUT2D eigenvalue weighted by atomic mass is 10.3. The van der Waals surface area contributed by atoms with E-state index in [1.165, 1.54) is 5.56 Å². The maximum absolute atomic E-state index is 5.33. The molecule has 0 unspecified atom stereocenters. The van der Waals surface area contributed by atoms with E-state index in [0.717, 1.165) is 38.6 Å². The van der Waals surface area contributed by atoms with Gasteiger partial charge in [-0.1, -0.05) is 0 Å². The number of nitrogens with one attached hydrogen (secondary N) is 1. The third kappa shape index (κ3) is 2.35. The van der Waals surface area contributed by atoms with Gasteiger partial charge in [0.2, 0.25) is 0 Å². The number of furan rings is 1. The highest BCUT2D eigenvalue weighted by atomic mass is 16.5. The molecular formula is C10H16N2O2. The van der Waals surface area contributed by atoms with Gasteiger partial charge in [0.05, 0.1) is 26.0 Å². The Morgan fingerprint density at radius 2 is 2.21 bits per heavy atom. The average Bonchev–Trinajstić information content (AvgIpc) is 2.63. The first-order valence-electron chi connectivity index (χ1n) is 4.95. The van der Waals surface area contributed by atoms with Crippen LogP contribution in [-0.2, 0) is 11.3 Å². The number of rotatable bonds is 3. The van der Waals surface area contributed by atoms with Gasteiger partial charge in [-0.2, -0.15) is 0 Å². The summed E-state index contributed by atoms with van der Waals surface area (Å²) in [5, 5.41) is 2.17. The summed E-state index contributed by atoms with van der Waals surface area (Å²) in [6.45, 7) is 6.33. The van der Waals surface area contributed by atoms with E-state index < -0.39 is 0 Å². The van der Waals surface area contributed by atoms with Crippen LogP contribution in [0.1, 0.15) is 11.3 Å². The van der Waals surface area contributed by atoms with Crippen LogP contribution in [0.4, 0.5) is 0 Å². The molecule has 0 saturated carbocycles. The quantitative estimate of drug-likeness (QED) is 0.780. The molecule has 0 bridgehead atoms. The predicted octanol–water partition coefficient (Wildman–Crippen LogP) is 0.925. The topological polar surface area (TPSA) is 37.6 Å². The predicted molar refractivity (Wildman–Crippen MR) is 52.7 cm³/mol. The molecule has 0 aromatic carbocycles. The molecule has 2 heterocycles. The summed E-state index contributed by atoms with van der Waals surface area (Å²) in [4.78, 5) is 0. The molecule has 1 aromatic rings. The van der Waals surface area contributed by atoms with Gasteiger partial charge in [0.1, 0.15) is 5.76 Å². The number of hydrogen-bond acceptors (Lipinski definition) is 4. The molecule has 1 fully saturated rings. The largest absolute Gasteiger partial charge is 0.468 e. The summed E-state index contributed by atoms with van der Waals surface area (Å²) in [7, 11) is 0. The smallest absolute Gasteiger partial charge is 0.121 e. The molecule has 1 saturated heterocycles. The van der Waals surface area contributed by atoms with Gasteiger partial charge in [-0.3, -0.25) is 0 Å². The Balaban J connectivity index is 1.79. The van der Waals surface area contributed by atoms with Crippen molar-refractivity contribution in [3.8, 4) is 0 Å². The van der Waals surface area contributed by atoms with Crippen LogP contribution in [0.25, 0.3) is 0 Å². The third-order valence-corrected chi connectivity index (χ3v) is 2.44. The summed E-state index contributed by atoms with van der Waals surface area (Å²) >= 11 is 0. The standard InChI is InChI=1S/C10H16N2O2/c1-9-2-5-14-10(9)8-11-12-3-6-13-7-4-12/h2,5,11H,3-4,6-8H2,1H3. The minimum Gasteiger partial charge on any atom is -0.468 e. The van der Waals surface area contributed by atoms with Crippen molar-refractivity contribution in [2.24, 2.45) is 0 Å². The molecular weight excluding hydrogens is 180 g/mol. The highest BCUT2D eigenvalue weighted by Crippen LogP contribution is 2.08. The molecule has 0 spiro atoms. The number of morpholine rings is 1. The summed E-state index contributed by atoms with van der Waals surface area (Å²) in [5.74, 6) is 1.01. The van der Waals surface area contributed by atoms with Gasteiger partial charge in [0.25, 0.3) is 0 Å². The van der Waals surface area contributed by atoms with E-state index in [4.69, 9.17) is 9.15 Å². The number of ether oxygens (including phenoxy) is 1. The van der Waals surface area contributed by atoms with Crippen LogP contribution in [0.2, 0.25) is 0 Å². The van der Waals surface area contributed by atoms with Gasteiger partial charge in [0.15, 0.2) is 0 Å². The van der Waals surface area contributed by atoms with Crippen LogP contribution >= 0.6 is 0 Å². The lowest BCUT2D eigenvalue weighted by molar-refractivity contribution is 0.00941. The van der Waals surface area contributed by atoms with E-state index in [0.29, 0.717) is 0 Å². The maximum atomic E-state index is 5.33. The van der Waals surface area contributed by atoms with Crippen LogP contribution in [0.3, 0.4) is 0 Å². The summed E-state index contributed by atoms with van der Waals surface area (Å²) < 4.78 is 10.6. The molecule has 1 aliphatic rings. The molecule has 0 atom stereocenters. The third-order valence-electron chi connectivity index (χ3n) is 2.44. The van der Waals surface area contributed by atoms with Crippen molar-refractivity contribution in [2.45, 2.75) is 13.5 Å². The van der Waals surface area contributed by atoms with E-state index in [-0.39, 0.29) is 0 Å². The van der Waals surface area contributed by atoms with Crippen LogP contribution in [-0.4, -0.2) is 31.3 Å². The first-order chi connectivity index (χ1) is 6.86. The van der Waals surface area contributed by atoms with Gasteiger partial charge < -0.3 is 9.15 Å². The van der Waals surface area contributed by atoms with Gasteiger partial charge in [0, 0.05) is 13.1 Å². The normalized spacial score (nSPS) is 18.6. The number of hydrogen-bond donors (Lipinski definition) is 1. The van der Waals surface area contributed by atoms with E-state index in [2.05, 4.69) is 17.4 Å². The van der Waals surface area contributed by atoms with E-state index in [1.54, 1.807) is 6.26 Å². The second-order valence-corrected chi connectivity index (χ2v) is 3.46. The van der Waals surface area contributed by atoms with Crippen molar-refractivity contribution in [2.75, 3.05) is 26.3 Å². The lowest BCUT2D eigenvalue weighted by Crippen LogP contribution is -2.45. The average molecular weight is 196 g/mol. The molecule has 0 aliphatic carbocycles. The number of nitrogens with zero attached hydrogens (tertiary/aromatic N) is 1. The first kappa shape index (κ1) is 9.71. The maximum Gasteiger partial charge on any atom is 0.121 e. The Morgan fingerprint density at radius 3 is 2.86 bits per heavy atom. The molecule has 1 aliphatic heterocycles. The van der Waals surface area contributed by atoms with E-state index in [9.17, 15) is 0 Å². The number of hydrazine groups is 1. The Hall–Kier alpha value is -0.840. The zero-order chi connectivity index (χ0) is 9.80. The summed E-state index contributed by atoms with van der Waals surface area (Å²) in [6, 6.07) is 1.98. The molecule has 4 heteroatoms. The molecule has 1 N–H and O–H groups in total. The zero-order valence-electron chi connectivity index (χ0n) is 8.45. The first-order valence-corrected chi connectivity index (χ1v) is 4.95. The minimum absolute atomic E-state index is 0.763. The summed E-state index contributed by atoms with van der Waals surface area (Å²) in [5.41, 5.74) is 4.52. The van der Waals surface area contributed by atoms with Gasteiger partial charge >= 0.3 is 0 Å². The molecule has 0 amide bonds. The lowest BCUT2D eigenvalue weighted by Gasteiger charge is -2.26. The van der Waals surface area contributed by atoms with E-state index in [1.807, 2.05) is 6.07 Å². The second-order valence-electron chi connectivity index (χ2n) is 3.46. The van der Waals surface area contributed by atoms with Crippen LogP contribution < -0.4 is 5.43 Å². The van der Waals surface area contributed by atoms with Crippen molar-refractivity contribution >= 4 is 0 Å². The van der Waals surface area contributed by atoms with Crippen LogP contribution in [0.5, 0.6) is 0 Å². The second kappa shape index (κ2) is 4.59. The fraction of sp³-hybridized carbons (Fsp3) is 0.600. The van der Waals surface area contributed by atoms with Crippen molar-refractivity contribution < 1.29 is 9.15 Å². The highest BCUT2D eigenvalue weighted by Gasteiger charge is 2.10. The van der Waals surface area contributed by atoms with Crippen LogP contribution in [0, 0.1) is 6.92 Å². The molecule has 0 radical (unpaired) electrons. The molecule has 1 aromatic heterocycles. The monoisotopic (exact) mass is 196 g/mol. The SMILES string of the molecule is Cc1ccoc1CNN1CCOCC1. The zero-order valence-corrected chi connectivity index (χ0v) is 8.45. The van der Waals surface area contributed by atoms with Crippen molar-refractivity contribution in [1.29, 1.82) is 0 Å². The van der Waals surface area contributed by atoms with Gasteiger partial charge in [-0.25, -0.2) is 10.4 Å². The molecule has 14 heavy (non-hydrogen) atoms. The highest BCUT2D eigenvalue weighted by molar-refractivity contribution is 5.13. The van der Waals surface area contributed by atoms with Crippen LogP contribution in [0.15, 0.2) is 16.7 Å². The Kier molecular flexibility index (Phi) is 3.18. The number of aryl methyl sites for hydroxylation is 1. The Morgan fingerprint density at radius 1 is 1.43 bits per heavy atom. The molecule has 2 rings (SSSR count). The van der Waals surface area contributed by atoms with Gasteiger partial charge in [-0.05, 0) is 18.6 Å². The van der Waals surface area contributed by atoms with Crippen molar-refractivity contribution in [3.05, 3.63) is 23.7 Å². The fourth-order valence-electron chi connectivity index (χ4n) is 1.49. The molecule has 4 nitrogen and oxygen atoms in total. The summed E-state index contributed by atoms with van der Waals surface area (Å²) in [6.07, 6.45) is 1.73.